The van der Waals surface area contributed by atoms with Crippen LogP contribution in [0.5, 0.6) is 0 Å². The quantitative estimate of drug-likeness (QED) is 0.853. The monoisotopic (exact) mass is 294 g/mol. The highest BCUT2D eigenvalue weighted by molar-refractivity contribution is 6.30. The normalized spacial score (nSPS) is 14.0. The summed E-state index contributed by atoms with van der Waals surface area (Å²) in [4.78, 5) is 0. The number of nitrogens with zero attached hydrogens (tertiary/aromatic N) is 2. The Kier molecular flexibility index (Phi) is 4.98. The summed E-state index contributed by atoms with van der Waals surface area (Å²) in [6.45, 7) is 6.89. The molecule has 0 saturated carbocycles. The molecule has 5 nitrogen and oxygen atoms in total. The number of benzene rings is 1. The predicted octanol–water partition coefficient (Wildman–Crippen LogP) is 3.57. The molecule has 0 aliphatic carbocycles. The first-order chi connectivity index (χ1) is 9.60. The van der Waals surface area contributed by atoms with Crippen molar-refractivity contribution in [2.45, 2.75) is 32.9 Å². The van der Waals surface area contributed by atoms with Gasteiger partial charge in [-0.15, -0.1) is 5.10 Å². The molecule has 1 aromatic heterocycles. The average molecular weight is 295 g/mol. The molecule has 2 rings (SSSR count). The molecule has 20 heavy (non-hydrogen) atoms. The van der Waals surface area contributed by atoms with Gasteiger partial charge in [-0.3, -0.25) is 0 Å². The van der Waals surface area contributed by atoms with Crippen LogP contribution in [0.15, 0.2) is 28.7 Å². The fourth-order valence-electron chi connectivity index (χ4n) is 1.91. The molecule has 2 unspecified atom stereocenters. The van der Waals surface area contributed by atoms with Crippen LogP contribution in [0.4, 0.5) is 6.01 Å². The number of hydrogen-bond donors (Lipinski definition) is 2. The molecule has 2 atom stereocenters. The number of hydrogen-bond acceptors (Lipinski definition) is 5. The van der Waals surface area contributed by atoms with Gasteiger partial charge in [0.25, 0.3) is 0 Å². The predicted molar refractivity (Wildman–Crippen MR) is 79.9 cm³/mol. The Balaban J connectivity index is 2.03. The summed E-state index contributed by atoms with van der Waals surface area (Å²) in [5.41, 5.74) is 1.07. The van der Waals surface area contributed by atoms with Gasteiger partial charge in [-0.05, 0) is 38.1 Å². The maximum absolute atomic E-state index is 5.98. The van der Waals surface area contributed by atoms with Gasteiger partial charge >= 0.3 is 6.01 Å². The van der Waals surface area contributed by atoms with Crippen LogP contribution >= 0.6 is 11.6 Å². The third-order valence-corrected chi connectivity index (χ3v) is 3.25. The van der Waals surface area contributed by atoms with Crippen molar-refractivity contribution in [2.24, 2.45) is 0 Å². The van der Waals surface area contributed by atoms with E-state index < -0.39 is 0 Å². The van der Waals surface area contributed by atoms with Crippen LogP contribution in [0.1, 0.15) is 44.3 Å². The Morgan fingerprint density at radius 1 is 1.25 bits per heavy atom. The lowest BCUT2D eigenvalue weighted by molar-refractivity contribution is 0.427. The highest BCUT2D eigenvalue weighted by Crippen LogP contribution is 2.22. The van der Waals surface area contributed by atoms with Crippen LogP contribution in [0, 0.1) is 0 Å². The number of aromatic nitrogens is 2. The molecule has 0 aliphatic rings. The fraction of sp³-hybridized carbons (Fsp3) is 0.429. The van der Waals surface area contributed by atoms with E-state index in [4.69, 9.17) is 16.0 Å². The lowest BCUT2D eigenvalue weighted by Gasteiger charge is -2.12. The van der Waals surface area contributed by atoms with Crippen LogP contribution in [0.3, 0.4) is 0 Å². The van der Waals surface area contributed by atoms with E-state index in [9.17, 15) is 0 Å². The minimum absolute atomic E-state index is 0.0384. The summed E-state index contributed by atoms with van der Waals surface area (Å²) in [6, 6.07) is 8.18. The number of anilines is 1. The molecule has 0 radical (unpaired) electrons. The molecular weight excluding hydrogens is 276 g/mol. The molecule has 0 saturated heterocycles. The molecule has 0 fully saturated rings. The van der Waals surface area contributed by atoms with Gasteiger partial charge in [0.1, 0.15) is 0 Å². The zero-order chi connectivity index (χ0) is 14.5. The zero-order valence-corrected chi connectivity index (χ0v) is 12.6. The Labute approximate surface area is 123 Å². The lowest BCUT2D eigenvalue weighted by atomic mass is 10.1. The minimum Gasteiger partial charge on any atom is -0.406 e. The molecular formula is C14H19ClN4O. The second-order valence-electron chi connectivity index (χ2n) is 4.65. The van der Waals surface area contributed by atoms with E-state index in [1.165, 1.54) is 0 Å². The van der Waals surface area contributed by atoms with Crippen LogP contribution < -0.4 is 10.6 Å². The first-order valence-electron chi connectivity index (χ1n) is 6.69. The largest absolute Gasteiger partial charge is 0.406 e. The summed E-state index contributed by atoms with van der Waals surface area (Å²) in [5, 5.41) is 15.2. The van der Waals surface area contributed by atoms with Crippen molar-refractivity contribution in [3.8, 4) is 0 Å². The maximum atomic E-state index is 5.98. The van der Waals surface area contributed by atoms with Gasteiger partial charge in [0.2, 0.25) is 5.89 Å². The van der Waals surface area contributed by atoms with E-state index in [1.807, 2.05) is 45.0 Å². The van der Waals surface area contributed by atoms with Gasteiger partial charge in [-0.1, -0.05) is 35.8 Å². The second-order valence-corrected chi connectivity index (χ2v) is 5.08. The lowest BCUT2D eigenvalue weighted by Crippen LogP contribution is -2.17. The van der Waals surface area contributed by atoms with Crippen molar-refractivity contribution >= 4 is 17.6 Å². The summed E-state index contributed by atoms with van der Waals surface area (Å²) < 4.78 is 5.59. The van der Waals surface area contributed by atoms with E-state index >= 15 is 0 Å². The zero-order valence-electron chi connectivity index (χ0n) is 11.9. The van der Waals surface area contributed by atoms with Gasteiger partial charge in [0, 0.05) is 5.02 Å². The molecule has 0 spiro atoms. The molecule has 0 aliphatic heterocycles. The van der Waals surface area contributed by atoms with Crippen molar-refractivity contribution in [3.05, 3.63) is 40.7 Å². The van der Waals surface area contributed by atoms with Crippen LogP contribution in [0.2, 0.25) is 5.02 Å². The van der Waals surface area contributed by atoms with E-state index in [-0.39, 0.29) is 12.1 Å². The second kappa shape index (κ2) is 6.72. The SMILES string of the molecule is CCNC(C)c1nnc(NC(C)c2cccc(Cl)c2)o1. The average Bonchev–Trinajstić information content (AvgIpc) is 2.87. The minimum atomic E-state index is 0.0384. The highest BCUT2D eigenvalue weighted by atomic mass is 35.5. The fourth-order valence-corrected chi connectivity index (χ4v) is 2.10. The summed E-state index contributed by atoms with van der Waals surface area (Å²) in [6.07, 6.45) is 0. The Bertz CT molecular complexity index is 558. The highest BCUT2D eigenvalue weighted by Gasteiger charge is 2.14. The molecule has 1 aromatic carbocycles. The van der Waals surface area contributed by atoms with Gasteiger partial charge in [0.05, 0.1) is 12.1 Å². The first kappa shape index (κ1) is 14.8. The summed E-state index contributed by atoms with van der Waals surface area (Å²) in [5.74, 6) is 0.577. The Morgan fingerprint density at radius 2 is 2.05 bits per heavy atom. The molecule has 108 valence electrons. The molecule has 2 N–H and O–H groups in total. The van der Waals surface area contributed by atoms with Crippen LogP contribution in [-0.4, -0.2) is 16.7 Å². The van der Waals surface area contributed by atoms with E-state index in [2.05, 4.69) is 20.8 Å². The number of halogens is 1. The molecule has 6 heteroatoms. The third kappa shape index (κ3) is 3.71. The van der Waals surface area contributed by atoms with Crippen molar-refractivity contribution < 1.29 is 4.42 Å². The summed E-state index contributed by atoms with van der Waals surface area (Å²) in [7, 11) is 0. The van der Waals surface area contributed by atoms with E-state index in [1.54, 1.807) is 0 Å². The van der Waals surface area contributed by atoms with Crippen LogP contribution in [0.25, 0.3) is 0 Å². The number of nitrogens with one attached hydrogen (secondary N) is 2. The molecule has 0 bridgehead atoms. The number of rotatable bonds is 6. The van der Waals surface area contributed by atoms with E-state index in [0.29, 0.717) is 16.9 Å². The van der Waals surface area contributed by atoms with Crippen LogP contribution in [-0.2, 0) is 0 Å². The maximum Gasteiger partial charge on any atom is 0.315 e. The standard InChI is InChI=1S/C14H19ClN4O/c1-4-16-10(3)13-18-19-14(20-13)17-9(2)11-6-5-7-12(15)8-11/h5-10,16H,4H2,1-3H3,(H,17,19). The van der Waals surface area contributed by atoms with Crippen molar-refractivity contribution in [2.75, 3.05) is 11.9 Å². The van der Waals surface area contributed by atoms with Gasteiger partial charge in [-0.2, -0.15) is 0 Å². The molecule has 0 amide bonds. The topological polar surface area (TPSA) is 63.0 Å². The van der Waals surface area contributed by atoms with Crippen molar-refractivity contribution in [1.29, 1.82) is 0 Å². The van der Waals surface area contributed by atoms with Gasteiger partial charge in [-0.25, -0.2) is 0 Å². The molecule has 1 heterocycles. The first-order valence-corrected chi connectivity index (χ1v) is 7.06. The Morgan fingerprint density at radius 3 is 2.75 bits per heavy atom. The molecule has 2 aromatic rings. The Hall–Kier alpha value is -1.59. The van der Waals surface area contributed by atoms with Crippen molar-refractivity contribution in [3.63, 3.8) is 0 Å². The smallest absolute Gasteiger partial charge is 0.315 e. The third-order valence-electron chi connectivity index (χ3n) is 3.01. The van der Waals surface area contributed by atoms with E-state index in [0.717, 1.165) is 12.1 Å². The van der Waals surface area contributed by atoms with Gasteiger partial charge < -0.3 is 15.1 Å². The van der Waals surface area contributed by atoms with Gasteiger partial charge in [0.15, 0.2) is 0 Å². The summed E-state index contributed by atoms with van der Waals surface area (Å²) >= 11 is 5.98. The van der Waals surface area contributed by atoms with Crippen molar-refractivity contribution in [1.82, 2.24) is 15.5 Å².